The number of amides is 1. The maximum atomic E-state index is 13.1. The quantitative estimate of drug-likeness (QED) is 0.733. The Morgan fingerprint density at radius 3 is 2.41 bits per heavy atom. The average molecular weight is 436 g/mol. The van der Waals surface area contributed by atoms with Gasteiger partial charge in [0, 0.05) is 45.1 Å². The fourth-order valence-corrected chi connectivity index (χ4v) is 5.48. The fourth-order valence-electron chi connectivity index (χ4n) is 3.65. The molecule has 3 heterocycles. The van der Waals surface area contributed by atoms with Crippen LogP contribution in [0.1, 0.15) is 23.2 Å². The van der Waals surface area contributed by atoms with Gasteiger partial charge < -0.3 is 9.80 Å². The Bertz CT molecular complexity index is 994. The number of halogens is 1. The molecule has 0 atom stereocenters. The summed E-state index contributed by atoms with van der Waals surface area (Å²) in [5.74, 6) is 0.581. The third-order valence-corrected chi connectivity index (χ3v) is 7.42. The molecule has 2 aliphatic heterocycles. The third-order valence-electron chi connectivity index (χ3n) is 5.22. The van der Waals surface area contributed by atoms with Gasteiger partial charge in [-0.25, -0.2) is 18.4 Å². The molecule has 0 N–H and O–H groups in total. The number of anilines is 2. The van der Waals surface area contributed by atoms with E-state index in [1.165, 1.54) is 4.31 Å². The molecule has 1 aromatic heterocycles. The minimum Gasteiger partial charge on any atom is -0.337 e. The Hall–Kier alpha value is -2.39. The Kier molecular flexibility index (Phi) is 5.60. The third kappa shape index (κ3) is 4.16. The molecule has 1 amide bonds. The summed E-state index contributed by atoms with van der Waals surface area (Å²) < 4.78 is 26.2. The lowest BCUT2D eigenvalue weighted by atomic mass is 10.1. The second-order valence-electron chi connectivity index (χ2n) is 7.09. The highest BCUT2D eigenvalue weighted by Crippen LogP contribution is 2.29. The molecule has 2 saturated heterocycles. The van der Waals surface area contributed by atoms with E-state index in [1.54, 1.807) is 41.6 Å². The van der Waals surface area contributed by atoms with Crippen LogP contribution in [0.5, 0.6) is 0 Å². The Labute approximate surface area is 175 Å². The summed E-state index contributed by atoms with van der Waals surface area (Å²) in [5, 5.41) is 0.321. The monoisotopic (exact) mass is 435 g/mol. The zero-order chi connectivity index (χ0) is 20.4. The van der Waals surface area contributed by atoms with Gasteiger partial charge >= 0.3 is 0 Å². The van der Waals surface area contributed by atoms with Gasteiger partial charge in [0.25, 0.3) is 5.91 Å². The summed E-state index contributed by atoms with van der Waals surface area (Å²) >= 11 is 6.30. The molecule has 154 valence electrons. The maximum Gasteiger partial charge on any atom is 0.255 e. The lowest BCUT2D eigenvalue weighted by Crippen LogP contribution is -2.49. The van der Waals surface area contributed by atoms with Gasteiger partial charge in [-0.3, -0.25) is 9.10 Å². The minimum atomic E-state index is -3.35. The van der Waals surface area contributed by atoms with Gasteiger partial charge in [0.05, 0.1) is 22.0 Å². The first-order chi connectivity index (χ1) is 14.0. The van der Waals surface area contributed by atoms with Crippen LogP contribution in [-0.2, 0) is 10.0 Å². The molecule has 2 aromatic rings. The summed E-state index contributed by atoms with van der Waals surface area (Å²) in [7, 11) is -3.35. The highest BCUT2D eigenvalue weighted by molar-refractivity contribution is 7.92. The summed E-state index contributed by atoms with van der Waals surface area (Å²) in [4.78, 5) is 25.3. The van der Waals surface area contributed by atoms with Gasteiger partial charge in [0.15, 0.2) is 0 Å². The first kappa shape index (κ1) is 19.9. The van der Waals surface area contributed by atoms with E-state index in [0.717, 1.165) is 6.42 Å². The van der Waals surface area contributed by atoms with Gasteiger partial charge in [-0.2, -0.15) is 0 Å². The van der Waals surface area contributed by atoms with E-state index in [-0.39, 0.29) is 11.7 Å². The molecule has 0 aliphatic carbocycles. The molecule has 8 nitrogen and oxygen atoms in total. The summed E-state index contributed by atoms with van der Waals surface area (Å²) in [6, 6.07) is 6.62. The van der Waals surface area contributed by atoms with Crippen LogP contribution in [-0.4, -0.2) is 67.7 Å². The van der Waals surface area contributed by atoms with Crippen LogP contribution in [0.3, 0.4) is 0 Å². The van der Waals surface area contributed by atoms with Crippen molar-refractivity contribution in [2.24, 2.45) is 0 Å². The highest BCUT2D eigenvalue weighted by Gasteiger charge is 2.29. The topological polar surface area (TPSA) is 86.7 Å². The minimum absolute atomic E-state index is 0.127. The van der Waals surface area contributed by atoms with Crippen molar-refractivity contribution in [2.75, 3.05) is 47.7 Å². The van der Waals surface area contributed by atoms with Crippen LogP contribution in [0.2, 0.25) is 5.02 Å². The average Bonchev–Trinajstić information content (AvgIpc) is 2.74. The number of carbonyl (C=O) groups excluding carboxylic acids is 1. The lowest BCUT2D eigenvalue weighted by Gasteiger charge is -2.35. The van der Waals surface area contributed by atoms with E-state index in [4.69, 9.17) is 11.6 Å². The van der Waals surface area contributed by atoms with E-state index in [2.05, 4.69) is 9.97 Å². The number of nitrogens with zero attached hydrogens (tertiary/aromatic N) is 5. The number of carbonyl (C=O) groups is 1. The Balaban J connectivity index is 1.50. The van der Waals surface area contributed by atoms with Crippen molar-refractivity contribution in [3.05, 3.63) is 47.2 Å². The smallest absolute Gasteiger partial charge is 0.255 e. The number of piperazine rings is 1. The molecule has 10 heteroatoms. The van der Waals surface area contributed by atoms with Crippen molar-refractivity contribution in [3.8, 4) is 0 Å². The standard InChI is InChI=1S/C19H22ClN5O3S/c20-17-5-4-15(25-8-1-2-13-29(25,27)28)14-16(17)18(26)23-9-11-24(12-10-23)19-21-6-3-7-22-19/h3-7,14H,1-2,8-13H2. The molecule has 2 fully saturated rings. The molecule has 0 saturated carbocycles. The van der Waals surface area contributed by atoms with Gasteiger partial charge in [-0.05, 0) is 37.1 Å². The van der Waals surface area contributed by atoms with Gasteiger partial charge in [0.2, 0.25) is 16.0 Å². The molecule has 1 aromatic carbocycles. The summed E-state index contributed by atoms with van der Waals surface area (Å²) in [5.41, 5.74) is 0.822. The van der Waals surface area contributed by atoms with Crippen molar-refractivity contribution in [3.63, 3.8) is 0 Å². The van der Waals surface area contributed by atoms with E-state index in [9.17, 15) is 13.2 Å². The first-order valence-electron chi connectivity index (χ1n) is 9.57. The zero-order valence-corrected chi connectivity index (χ0v) is 17.4. The van der Waals surface area contributed by atoms with E-state index in [0.29, 0.717) is 61.4 Å². The van der Waals surface area contributed by atoms with Crippen LogP contribution in [0, 0.1) is 0 Å². The van der Waals surface area contributed by atoms with Crippen LogP contribution < -0.4 is 9.21 Å². The second kappa shape index (κ2) is 8.16. The molecule has 0 unspecified atom stereocenters. The summed E-state index contributed by atoms with van der Waals surface area (Å²) in [6.45, 7) is 2.69. The van der Waals surface area contributed by atoms with Crippen molar-refractivity contribution in [2.45, 2.75) is 12.8 Å². The number of hydrogen-bond acceptors (Lipinski definition) is 6. The normalized spacial score (nSPS) is 19.3. The molecular formula is C19H22ClN5O3S. The molecule has 2 aliphatic rings. The second-order valence-corrected chi connectivity index (χ2v) is 9.51. The Morgan fingerprint density at radius 2 is 1.72 bits per heavy atom. The number of sulfonamides is 1. The molecule has 0 radical (unpaired) electrons. The number of hydrogen-bond donors (Lipinski definition) is 0. The van der Waals surface area contributed by atoms with Crippen molar-refractivity contribution >= 4 is 39.2 Å². The molecule has 0 spiro atoms. The zero-order valence-electron chi connectivity index (χ0n) is 15.9. The molecule has 4 rings (SSSR count). The fraction of sp³-hybridized carbons (Fsp3) is 0.421. The number of benzene rings is 1. The van der Waals surface area contributed by atoms with E-state index in [1.807, 2.05) is 4.90 Å². The molecular weight excluding hydrogens is 414 g/mol. The molecule has 0 bridgehead atoms. The predicted octanol–water partition coefficient (Wildman–Crippen LogP) is 2.02. The van der Waals surface area contributed by atoms with Crippen molar-refractivity contribution in [1.82, 2.24) is 14.9 Å². The van der Waals surface area contributed by atoms with E-state index < -0.39 is 10.0 Å². The Morgan fingerprint density at radius 1 is 1.00 bits per heavy atom. The SMILES string of the molecule is O=C(c1cc(N2CCCCS2(=O)=O)ccc1Cl)N1CCN(c2ncccn2)CC1. The summed E-state index contributed by atoms with van der Waals surface area (Å²) in [6.07, 6.45) is 4.85. The number of rotatable bonds is 3. The van der Waals surface area contributed by atoms with Gasteiger partial charge in [-0.1, -0.05) is 11.6 Å². The van der Waals surface area contributed by atoms with Crippen LogP contribution in [0.25, 0.3) is 0 Å². The van der Waals surface area contributed by atoms with Crippen LogP contribution in [0.4, 0.5) is 11.6 Å². The van der Waals surface area contributed by atoms with Crippen LogP contribution in [0.15, 0.2) is 36.7 Å². The van der Waals surface area contributed by atoms with Gasteiger partial charge in [-0.15, -0.1) is 0 Å². The maximum absolute atomic E-state index is 13.1. The van der Waals surface area contributed by atoms with Gasteiger partial charge in [0.1, 0.15) is 0 Å². The largest absolute Gasteiger partial charge is 0.337 e. The highest BCUT2D eigenvalue weighted by atomic mass is 35.5. The van der Waals surface area contributed by atoms with Crippen LogP contribution >= 0.6 is 11.6 Å². The van der Waals surface area contributed by atoms with E-state index >= 15 is 0 Å². The van der Waals surface area contributed by atoms with Crippen molar-refractivity contribution < 1.29 is 13.2 Å². The predicted molar refractivity (Wildman–Crippen MR) is 112 cm³/mol. The first-order valence-corrected chi connectivity index (χ1v) is 11.6. The number of aromatic nitrogens is 2. The lowest BCUT2D eigenvalue weighted by molar-refractivity contribution is 0.0746. The molecule has 29 heavy (non-hydrogen) atoms. The van der Waals surface area contributed by atoms with Crippen molar-refractivity contribution in [1.29, 1.82) is 0 Å².